The summed E-state index contributed by atoms with van der Waals surface area (Å²) in [5.74, 6) is 6.36. The van der Waals surface area contributed by atoms with Crippen LogP contribution in [0.4, 0.5) is 0 Å². The molecule has 0 amide bonds. The molecular weight excluding hydrogens is 1070 g/mol. The van der Waals surface area contributed by atoms with Gasteiger partial charge in [-0.05, 0) is 47.3 Å². The van der Waals surface area contributed by atoms with Gasteiger partial charge in [-0.25, -0.2) is 0 Å². The molecule has 2 nitrogen and oxygen atoms in total. The molecular formula is C32H68I4N2Si2Ti2-4. The van der Waals surface area contributed by atoms with Gasteiger partial charge in [-0.2, -0.15) is 0 Å². The Kier molecular flexibility index (Phi) is 26.5. The van der Waals surface area contributed by atoms with Crippen molar-refractivity contribution in [1.29, 1.82) is 0 Å². The summed E-state index contributed by atoms with van der Waals surface area (Å²) in [6.45, 7) is 39.7. The van der Waals surface area contributed by atoms with Crippen LogP contribution in [-0.4, -0.2) is 27.5 Å². The van der Waals surface area contributed by atoms with Crippen LogP contribution in [0.3, 0.4) is 0 Å². The van der Waals surface area contributed by atoms with Crippen LogP contribution in [0.5, 0.6) is 0 Å². The van der Waals surface area contributed by atoms with E-state index >= 15 is 0 Å². The van der Waals surface area contributed by atoms with Gasteiger partial charge in [-0.1, -0.05) is 150 Å². The minimum absolute atomic E-state index is 0. The first-order valence-corrected chi connectivity index (χ1v) is 41.0. The summed E-state index contributed by atoms with van der Waals surface area (Å²) >= 11 is 10.5. The van der Waals surface area contributed by atoms with E-state index < -0.39 is 16.5 Å². The van der Waals surface area contributed by atoms with Crippen molar-refractivity contribution in [2.75, 3.05) is 0 Å². The average Bonchev–Trinajstić information content (AvgIpc) is 3.10. The SMILES string of the molecule is C[C@@H]1[C@H](C)[C@@H](C)C([Si](C)(CC[Si](C)([N-]C(C)(C)C)C2[C@H](C)[C@H](C)[C@H](C)[C@H]2C)[N-]C(C)(C)C)[C@@H]1C.[CH3-].[CH3-].[I][Ti][I].[I][Ti][I]. The summed E-state index contributed by atoms with van der Waals surface area (Å²) in [5, 5.41) is 0. The van der Waals surface area contributed by atoms with Gasteiger partial charge in [0.2, 0.25) is 0 Å². The predicted octanol–water partition coefficient (Wildman–Crippen LogP) is 14.8. The molecule has 0 bridgehead atoms. The first-order valence-electron chi connectivity index (χ1n) is 15.4. The molecule has 0 aromatic carbocycles. The van der Waals surface area contributed by atoms with Crippen molar-refractivity contribution in [3.8, 4) is 0 Å². The van der Waals surface area contributed by atoms with Crippen LogP contribution in [-0.2, 0) is 23.3 Å². The third-order valence-corrected chi connectivity index (χ3v) is 21.4. The molecule has 2 rings (SSSR count). The van der Waals surface area contributed by atoms with Gasteiger partial charge in [-0.3, -0.25) is 0 Å². The number of rotatable bonds is 7. The van der Waals surface area contributed by atoms with E-state index in [9.17, 15) is 0 Å². The van der Waals surface area contributed by atoms with Crippen molar-refractivity contribution in [3.05, 3.63) is 24.8 Å². The van der Waals surface area contributed by atoms with Crippen molar-refractivity contribution >= 4 is 93.2 Å². The molecule has 0 aromatic heterocycles. The molecule has 0 radical (unpaired) electrons. The number of halogens is 4. The normalized spacial score (nSPS) is 33.0. The van der Waals surface area contributed by atoms with Gasteiger partial charge in [0.15, 0.2) is 0 Å². The van der Waals surface area contributed by atoms with Crippen LogP contribution in [0, 0.1) is 62.2 Å². The van der Waals surface area contributed by atoms with E-state index in [1.807, 2.05) is 0 Å². The quantitative estimate of drug-likeness (QED) is 0.138. The molecule has 0 aromatic rings. The van der Waals surface area contributed by atoms with Crippen LogP contribution in [0.2, 0.25) is 36.3 Å². The molecule has 0 N–H and O–H groups in total. The fourth-order valence-electron chi connectivity index (χ4n) is 9.08. The van der Waals surface area contributed by atoms with Crippen molar-refractivity contribution < 1.29 is 23.3 Å². The Morgan fingerprint density at radius 1 is 0.476 bits per heavy atom. The van der Waals surface area contributed by atoms with E-state index in [4.69, 9.17) is 9.96 Å². The number of hydrogen-bond acceptors (Lipinski definition) is 0. The Balaban J connectivity index is -0.00000175. The average molecular weight is 1140 g/mol. The molecule has 42 heavy (non-hydrogen) atoms. The third-order valence-electron chi connectivity index (χ3n) is 11.0. The molecule has 2 saturated carbocycles. The van der Waals surface area contributed by atoms with Crippen LogP contribution >= 0.6 is 76.8 Å². The molecule has 2 aliphatic rings. The van der Waals surface area contributed by atoms with Crippen molar-refractivity contribution in [3.63, 3.8) is 0 Å². The zero-order valence-corrected chi connectivity index (χ0v) is 44.3. The molecule has 10 heteroatoms. The second-order valence-corrected chi connectivity index (χ2v) is 50.4. The van der Waals surface area contributed by atoms with Gasteiger partial charge < -0.3 is 24.8 Å². The summed E-state index contributed by atoms with van der Waals surface area (Å²) in [5.41, 5.74) is 1.68. The third kappa shape index (κ3) is 14.9. The van der Waals surface area contributed by atoms with Crippen LogP contribution in [0.15, 0.2) is 0 Å². The van der Waals surface area contributed by atoms with Gasteiger partial charge >= 0.3 is 100 Å². The topological polar surface area (TPSA) is 28.2 Å². The number of hydrogen-bond donors (Lipinski definition) is 0. The zero-order valence-electron chi connectivity index (χ0n) is 30.6. The Morgan fingerprint density at radius 2 is 0.643 bits per heavy atom. The summed E-state index contributed by atoms with van der Waals surface area (Å²) in [6.07, 6.45) is 0. The maximum atomic E-state index is 5.81. The second kappa shape index (κ2) is 21.8. The second-order valence-electron chi connectivity index (χ2n) is 15.8. The minimum atomic E-state index is -1.88. The molecule has 254 valence electrons. The maximum absolute atomic E-state index is 5.81. The predicted molar refractivity (Wildman–Crippen MR) is 229 cm³/mol. The van der Waals surface area contributed by atoms with Gasteiger partial charge in [0.25, 0.3) is 0 Å². The summed E-state index contributed by atoms with van der Waals surface area (Å²) < 4.78 is 0. The van der Waals surface area contributed by atoms with E-state index in [0.717, 1.165) is 58.4 Å². The first-order chi connectivity index (χ1) is 18.0. The molecule has 12 atom stereocenters. The van der Waals surface area contributed by atoms with E-state index in [1.165, 1.54) is 12.1 Å². The standard InChI is InChI=1S/C30H62N2Si2.2CH3.4HI.2Ti/c1-19-20(2)24(6)27(23(19)5)33(15,31-29(9,10)11)17-18-34(16,32-30(12,13)14)28-25(7)21(3)22(4)26(28)8;;;;;;;;/h19-28H,17-18H2,1-16H3;2*1H3;4*1H;;/q-2;2*-1;;;;;2*+2/p-4/t19-,20+,21-,22+,23-,24-,25-,26-,27?,28?,33?,34?;;;;;;;;/m1......../s1. The van der Waals surface area contributed by atoms with Crippen molar-refractivity contribution in [1.82, 2.24) is 0 Å². The van der Waals surface area contributed by atoms with Crippen LogP contribution in [0.25, 0.3) is 9.96 Å². The van der Waals surface area contributed by atoms with Crippen LogP contribution < -0.4 is 0 Å². The van der Waals surface area contributed by atoms with E-state index in [2.05, 4.69) is 187 Å². The molecule has 2 aliphatic carbocycles. The van der Waals surface area contributed by atoms with Gasteiger partial charge in [0, 0.05) is 0 Å². The molecule has 0 saturated heterocycles. The van der Waals surface area contributed by atoms with Gasteiger partial charge in [0.1, 0.15) is 0 Å². The summed E-state index contributed by atoms with van der Waals surface area (Å²) in [6, 6.07) is 2.67. The first kappa shape index (κ1) is 51.1. The molecule has 0 aliphatic heterocycles. The van der Waals surface area contributed by atoms with Crippen molar-refractivity contribution in [2.24, 2.45) is 47.3 Å². The Bertz CT molecular complexity index is 654. The monoisotopic (exact) mass is 1140 g/mol. The van der Waals surface area contributed by atoms with E-state index in [0.29, 0.717) is 23.3 Å². The molecule has 0 heterocycles. The Hall–Kier alpha value is 4.70. The summed E-state index contributed by atoms with van der Waals surface area (Å²) in [7, 11) is -3.75. The molecule has 0 spiro atoms. The van der Waals surface area contributed by atoms with Gasteiger partial charge in [0.05, 0.1) is 0 Å². The fourth-order valence-corrected chi connectivity index (χ4v) is 23.1. The Morgan fingerprint density at radius 3 is 0.786 bits per heavy atom. The molecule has 4 unspecified atom stereocenters. The number of nitrogens with zero attached hydrogens (tertiary/aromatic N) is 2. The van der Waals surface area contributed by atoms with E-state index in [-0.39, 0.29) is 25.9 Å². The van der Waals surface area contributed by atoms with Crippen LogP contribution in [0.1, 0.15) is 96.9 Å². The molecule has 2 fully saturated rings. The van der Waals surface area contributed by atoms with Gasteiger partial charge in [-0.15, -0.1) is 11.1 Å². The van der Waals surface area contributed by atoms with E-state index in [1.54, 1.807) is 0 Å². The zero-order chi connectivity index (χ0) is 32.0. The summed E-state index contributed by atoms with van der Waals surface area (Å²) in [4.78, 5) is 11.6. The fraction of sp³-hybridized carbons (Fsp3) is 0.938. The van der Waals surface area contributed by atoms with Crippen molar-refractivity contribution in [2.45, 2.75) is 144 Å². The Labute approximate surface area is 327 Å².